The van der Waals surface area contributed by atoms with Gasteiger partial charge in [-0.3, -0.25) is 9.59 Å². The van der Waals surface area contributed by atoms with Crippen molar-refractivity contribution in [2.75, 3.05) is 13.1 Å². The van der Waals surface area contributed by atoms with Gasteiger partial charge in [0, 0.05) is 30.5 Å². The summed E-state index contributed by atoms with van der Waals surface area (Å²) in [6, 6.07) is 7.61. The summed E-state index contributed by atoms with van der Waals surface area (Å²) in [5, 5.41) is 3.63. The smallest absolute Gasteiger partial charge is 0.224 e. The number of likely N-dealkylation sites (tertiary alicyclic amines) is 1. The maximum Gasteiger partial charge on any atom is 0.224 e. The molecule has 2 rings (SSSR count). The molecule has 0 spiro atoms. The number of benzene rings is 1. The summed E-state index contributed by atoms with van der Waals surface area (Å²) >= 11 is 5.95. The Morgan fingerprint density at radius 3 is 2.90 bits per heavy atom. The van der Waals surface area contributed by atoms with E-state index in [1.807, 2.05) is 43.0 Å². The molecule has 0 saturated carbocycles. The van der Waals surface area contributed by atoms with Crippen molar-refractivity contribution < 1.29 is 9.59 Å². The van der Waals surface area contributed by atoms with E-state index < -0.39 is 0 Å². The summed E-state index contributed by atoms with van der Waals surface area (Å²) < 4.78 is 0. The van der Waals surface area contributed by atoms with Gasteiger partial charge in [0.15, 0.2) is 0 Å². The molecule has 1 aliphatic heterocycles. The fourth-order valence-corrected chi connectivity index (χ4v) is 2.62. The molecule has 1 aliphatic rings. The standard InChI is InChI=1S/C16H21ClN2O2/c1-11(2)16(21)18-14-9-15(20)19(10-14)7-6-12-4-3-5-13(17)8-12/h3-5,8,11,14H,6-7,9-10H2,1-2H3,(H,18,21)/t14-/m1/s1. The Bertz CT molecular complexity index is 531. The van der Waals surface area contributed by atoms with Gasteiger partial charge in [-0.25, -0.2) is 0 Å². The Morgan fingerprint density at radius 2 is 2.24 bits per heavy atom. The molecule has 4 nitrogen and oxygen atoms in total. The molecule has 1 aromatic rings. The molecule has 2 amide bonds. The third-order valence-corrected chi connectivity index (χ3v) is 3.88. The first-order valence-electron chi connectivity index (χ1n) is 7.28. The number of nitrogens with one attached hydrogen (secondary N) is 1. The molecular weight excluding hydrogens is 288 g/mol. The largest absolute Gasteiger partial charge is 0.351 e. The van der Waals surface area contributed by atoms with E-state index in [4.69, 9.17) is 11.6 Å². The highest BCUT2D eigenvalue weighted by Crippen LogP contribution is 2.15. The summed E-state index contributed by atoms with van der Waals surface area (Å²) in [4.78, 5) is 25.5. The summed E-state index contributed by atoms with van der Waals surface area (Å²) in [5.74, 6) is 0.0520. The maximum absolute atomic E-state index is 12.0. The van der Waals surface area contributed by atoms with Crippen molar-refractivity contribution in [2.45, 2.75) is 32.7 Å². The molecule has 114 valence electrons. The van der Waals surface area contributed by atoms with Crippen LogP contribution < -0.4 is 5.32 Å². The van der Waals surface area contributed by atoms with Gasteiger partial charge in [0.2, 0.25) is 11.8 Å². The summed E-state index contributed by atoms with van der Waals surface area (Å²) in [5.41, 5.74) is 1.12. The SMILES string of the molecule is CC(C)C(=O)N[C@@H]1CC(=O)N(CCc2cccc(Cl)c2)C1. The van der Waals surface area contributed by atoms with Gasteiger partial charge in [-0.1, -0.05) is 37.6 Å². The molecule has 5 heteroatoms. The molecule has 1 aromatic carbocycles. The van der Waals surface area contributed by atoms with Gasteiger partial charge in [-0.2, -0.15) is 0 Å². The number of hydrogen-bond donors (Lipinski definition) is 1. The zero-order chi connectivity index (χ0) is 15.4. The first kappa shape index (κ1) is 15.8. The quantitative estimate of drug-likeness (QED) is 0.907. The van der Waals surface area contributed by atoms with Gasteiger partial charge in [0.05, 0.1) is 6.04 Å². The lowest BCUT2D eigenvalue weighted by Crippen LogP contribution is -2.39. The summed E-state index contributed by atoms with van der Waals surface area (Å²) in [6.45, 7) is 4.96. The third-order valence-electron chi connectivity index (χ3n) is 3.64. The van der Waals surface area contributed by atoms with E-state index in [0.29, 0.717) is 24.5 Å². The fourth-order valence-electron chi connectivity index (χ4n) is 2.41. The molecule has 1 atom stereocenters. The van der Waals surface area contributed by atoms with Crippen molar-refractivity contribution in [1.82, 2.24) is 10.2 Å². The van der Waals surface area contributed by atoms with Crippen molar-refractivity contribution in [2.24, 2.45) is 5.92 Å². The lowest BCUT2D eigenvalue weighted by molar-refractivity contribution is -0.127. The fraction of sp³-hybridized carbons (Fsp3) is 0.500. The molecule has 0 bridgehead atoms. The van der Waals surface area contributed by atoms with E-state index >= 15 is 0 Å². The van der Waals surface area contributed by atoms with E-state index in [2.05, 4.69) is 5.32 Å². The lowest BCUT2D eigenvalue weighted by Gasteiger charge is -2.17. The third kappa shape index (κ3) is 4.46. The van der Waals surface area contributed by atoms with Crippen LogP contribution in [0.4, 0.5) is 0 Å². The van der Waals surface area contributed by atoms with E-state index in [9.17, 15) is 9.59 Å². The predicted octanol–water partition coefficient (Wildman–Crippen LogP) is 2.26. The first-order valence-corrected chi connectivity index (χ1v) is 7.66. The van der Waals surface area contributed by atoms with Gasteiger partial charge < -0.3 is 10.2 Å². The second-order valence-corrected chi connectivity index (χ2v) is 6.22. The Kier molecular flexibility index (Phi) is 5.23. The van der Waals surface area contributed by atoms with Crippen LogP contribution in [0, 0.1) is 5.92 Å². The molecule has 0 aliphatic carbocycles. The van der Waals surface area contributed by atoms with Crippen LogP contribution in [0.25, 0.3) is 0 Å². The Hall–Kier alpha value is -1.55. The highest BCUT2D eigenvalue weighted by Gasteiger charge is 2.30. The highest BCUT2D eigenvalue weighted by molar-refractivity contribution is 6.30. The Labute approximate surface area is 130 Å². The average Bonchev–Trinajstić information content (AvgIpc) is 2.76. The minimum Gasteiger partial charge on any atom is -0.351 e. The summed E-state index contributed by atoms with van der Waals surface area (Å²) in [6.07, 6.45) is 1.17. The number of rotatable bonds is 5. The van der Waals surface area contributed by atoms with Gasteiger partial charge >= 0.3 is 0 Å². The monoisotopic (exact) mass is 308 g/mol. The van der Waals surface area contributed by atoms with E-state index in [1.54, 1.807) is 0 Å². The Balaban J connectivity index is 1.85. The molecule has 1 fully saturated rings. The zero-order valence-electron chi connectivity index (χ0n) is 12.4. The predicted molar refractivity (Wildman–Crippen MR) is 83.1 cm³/mol. The second-order valence-electron chi connectivity index (χ2n) is 5.78. The molecule has 21 heavy (non-hydrogen) atoms. The Morgan fingerprint density at radius 1 is 1.48 bits per heavy atom. The summed E-state index contributed by atoms with van der Waals surface area (Å²) in [7, 11) is 0. The molecule has 0 radical (unpaired) electrons. The number of nitrogens with zero attached hydrogens (tertiary/aromatic N) is 1. The van der Waals surface area contributed by atoms with Crippen LogP contribution in [0.5, 0.6) is 0 Å². The molecule has 0 aromatic heterocycles. The topological polar surface area (TPSA) is 49.4 Å². The van der Waals surface area contributed by atoms with E-state index in [-0.39, 0.29) is 23.8 Å². The number of carbonyl (C=O) groups excluding carboxylic acids is 2. The van der Waals surface area contributed by atoms with Crippen LogP contribution in [0.1, 0.15) is 25.8 Å². The zero-order valence-corrected chi connectivity index (χ0v) is 13.2. The molecule has 0 unspecified atom stereocenters. The van der Waals surface area contributed by atoms with Gasteiger partial charge in [-0.15, -0.1) is 0 Å². The van der Waals surface area contributed by atoms with Crippen LogP contribution in [0.15, 0.2) is 24.3 Å². The molecule has 1 heterocycles. The minimum atomic E-state index is -0.0632. The maximum atomic E-state index is 12.0. The van der Waals surface area contributed by atoms with Crippen molar-refractivity contribution >= 4 is 23.4 Å². The second kappa shape index (κ2) is 6.94. The van der Waals surface area contributed by atoms with Gasteiger partial charge in [-0.05, 0) is 24.1 Å². The van der Waals surface area contributed by atoms with Crippen molar-refractivity contribution in [3.8, 4) is 0 Å². The normalized spacial score (nSPS) is 18.4. The van der Waals surface area contributed by atoms with Crippen molar-refractivity contribution in [3.05, 3.63) is 34.9 Å². The van der Waals surface area contributed by atoms with Gasteiger partial charge in [0.25, 0.3) is 0 Å². The van der Waals surface area contributed by atoms with Crippen LogP contribution >= 0.6 is 11.6 Å². The molecule has 1 N–H and O–H groups in total. The molecule has 1 saturated heterocycles. The first-order chi connectivity index (χ1) is 9.95. The van der Waals surface area contributed by atoms with Crippen LogP contribution in [-0.4, -0.2) is 35.8 Å². The number of hydrogen-bond acceptors (Lipinski definition) is 2. The number of carbonyl (C=O) groups is 2. The van der Waals surface area contributed by atoms with Gasteiger partial charge in [0.1, 0.15) is 0 Å². The van der Waals surface area contributed by atoms with Crippen LogP contribution in [0.2, 0.25) is 5.02 Å². The number of amides is 2. The van der Waals surface area contributed by atoms with Crippen LogP contribution in [0.3, 0.4) is 0 Å². The van der Waals surface area contributed by atoms with E-state index in [1.165, 1.54) is 0 Å². The minimum absolute atomic E-state index is 0.00416. The van der Waals surface area contributed by atoms with Crippen LogP contribution in [-0.2, 0) is 16.0 Å². The van der Waals surface area contributed by atoms with Crippen molar-refractivity contribution in [1.29, 1.82) is 0 Å². The highest BCUT2D eigenvalue weighted by atomic mass is 35.5. The van der Waals surface area contributed by atoms with E-state index in [0.717, 1.165) is 12.0 Å². The molecular formula is C16H21ClN2O2. The lowest BCUT2D eigenvalue weighted by atomic mass is 10.1. The van der Waals surface area contributed by atoms with Crippen molar-refractivity contribution in [3.63, 3.8) is 0 Å². The average molecular weight is 309 g/mol. The number of halogens is 1.